The maximum Gasteiger partial charge on any atom is 0.343 e. The number of esters is 1. The summed E-state index contributed by atoms with van der Waals surface area (Å²) in [5.41, 5.74) is 1.71. The number of rotatable bonds is 6. The summed E-state index contributed by atoms with van der Waals surface area (Å²) >= 11 is 6.23. The minimum absolute atomic E-state index is 0.233. The van der Waals surface area contributed by atoms with Gasteiger partial charge < -0.3 is 9.47 Å². The van der Waals surface area contributed by atoms with E-state index < -0.39 is 5.97 Å². The molecule has 5 aromatic rings. The number of methoxy groups -OCH3 is 1. The Morgan fingerprint density at radius 3 is 2.43 bits per heavy atom. The second-order valence-electron chi connectivity index (χ2n) is 7.98. The van der Waals surface area contributed by atoms with Crippen molar-refractivity contribution in [2.75, 3.05) is 7.11 Å². The zero-order chi connectivity index (χ0) is 25.8. The topological polar surface area (TPSA) is 82.8 Å². The molecule has 0 atom stereocenters. The Morgan fingerprint density at radius 1 is 0.946 bits per heavy atom. The molecule has 1 aromatic heterocycles. The molecule has 0 aliphatic carbocycles. The first-order valence-electron chi connectivity index (χ1n) is 11.3. The number of carbonyl (C=O) groups is 1. The number of para-hydroxylation sites is 1. The quantitative estimate of drug-likeness (QED) is 0.163. The highest BCUT2D eigenvalue weighted by atomic mass is 35.5. The molecule has 0 fully saturated rings. The van der Waals surface area contributed by atoms with Gasteiger partial charge in [0.2, 0.25) is 0 Å². The second kappa shape index (κ2) is 10.5. The van der Waals surface area contributed by atoms with Gasteiger partial charge in [-0.1, -0.05) is 54.1 Å². The van der Waals surface area contributed by atoms with Crippen LogP contribution in [0.5, 0.6) is 11.5 Å². The first kappa shape index (κ1) is 24.0. The van der Waals surface area contributed by atoms with Crippen LogP contribution >= 0.6 is 11.6 Å². The molecule has 0 N–H and O–H groups in total. The van der Waals surface area contributed by atoms with Crippen molar-refractivity contribution in [3.05, 3.63) is 124 Å². The van der Waals surface area contributed by atoms with Gasteiger partial charge in [0.05, 0.1) is 29.8 Å². The van der Waals surface area contributed by atoms with E-state index >= 15 is 0 Å². The third-order valence-electron chi connectivity index (χ3n) is 5.60. The first-order chi connectivity index (χ1) is 18.0. The number of hydrogen-bond donors (Lipinski definition) is 0. The molecule has 8 heteroatoms. The van der Waals surface area contributed by atoms with Crippen LogP contribution in [0.2, 0.25) is 5.02 Å². The lowest BCUT2D eigenvalue weighted by Crippen LogP contribution is -2.20. The predicted molar refractivity (Wildman–Crippen MR) is 144 cm³/mol. The van der Waals surface area contributed by atoms with E-state index in [9.17, 15) is 9.59 Å². The van der Waals surface area contributed by atoms with Crippen LogP contribution in [0.1, 0.15) is 15.9 Å². The Bertz CT molecular complexity index is 1680. The van der Waals surface area contributed by atoms with Gasteiger partial charge in [0, 0.05) is 16.1 Å². The Kier molecular flexibility index (Phi) is 6.78. The Hall–Kier alpha value is -4.75. The molecule has 37 heavy (non-hydrogen) atoms. The largest absolute Gasteiger partial charge is 0.497 e. The molecule has 0 amide bonds. The fourth-order valence-electron chi connectivity index (χ4n) is 3.72. The number of aromatic nitrogens is 2. The number of ether oxygens (including phenoxy) is 2. The molecule has 0 spiro atoms. The van der Waals surface area contributed by atoms with E-state index in [4.69, 9.17) is 21.1 Å². The third kappa shape index (κ3) is 5.12. The molecule has 5 rings (SSSR count). The van der Waals surface area contributed by atoms with Crippen molar-refractivity contribution < 1.29 is 14.3 Å². The van der Waals surface area contributed by atoms with Crippen LogP contribution in [-0.2, 0) is 0 Å². The lowest BCUT2D eigenvalue weighted by molar-refractivity contribution is 0.0734. The van der Waals surface area contributed by atoms with E-state index in [-0.39, 0.29) is 11.3 Å². The zero-order valence-electron chi connectivity index (χ0n) is 19.7. The SMILES string of the molecule is COc1ccc(C(=O)Oc2ccc(Cl)cc2C=Nn2c(-c3ccccc3)nc3ccccc3c2=O)cc1. The molecule has 0 unspecified atom stereocenters. The molecule has 7 nitrogen and oxygen atoms in total. The van der Waals surface area contributed by atoms with Gasteiger partial charge in [0.1, 0.15) is 11.5 Å². The molecule has 1 heterocycles. The molecular formula is C29H20ClN3O4. The van der Waals surface area contributed by atoms with Crippen LogP contribution in [0.4, 0.5) is 0 Å². The second-order valence-corrected chi connectivity index (χ2v) is 8.42. The zero-order valence-corrected chi connectivity index (χ0v) is 20.4. The monoisotopic (exact) mass is 509 g/mol. The van der Waals surface area contributed by atoms with Gasteiger partial charge in [-0.2, -0.15) is 9.78 Å². The number of benzene rings is 4. The van der Waals surface area contributed by atoms with E-state index in [1.54, 1.807) is 67.8 Å². The Morgan fingerprint density at radius 2 is 1.68 bits per heavy atom. The van der Waals surface area contributed by atoms with Gasteiger partial charge in [-0.25, -0.2) is 9.78 Å². The minimum Gasteiger partial charge on any atom is -0.497 e. The molecule has 0 saturated heterocycles. The number of nitrogens with zero attached hydrogens (tertiary/aromatic N) is 3. The smallest absolute Gasteiger partial charge is 0.343 e. The number of halogens is 1. The summed E-state index contributed by atoms with van der Waals surface area (Å²) in [5, 5.41) is 5.30. The molecule has 0 radical (unpaired) electrons. The van der Waals surface area contributed by atoms with Gasteiger partial charge in [-0.3, -0.25) is 4.79 Å². The van der Waals surface area contributed by atoms with Crippen molar-refractivity contribution in [3.63, 3.8) is 0 Å². The van der Waals surface area contributed by atoms with E-state index in [0.29, 0.717) is 38.6 Å². The summed E-state index contributed by atoms with van der Waals surface area (Å²) in [6.45, 7) is 0. The van der Waals surface area contributed by atoms with E-state index in [2.05, 4.69) is 10.1 Å². The van der Waals surface area contributed by atoms with E-state index in [1.807, 2.05) is 36.4 Å². The van der Waals surface area contributed by atoms with Crippen molar-refractivity contribution in [3.8, 4) is 22.9 Å². The summed E-state index contributed by atoms with van der Waals surface area (Å²) in [5.74, 6) is 0.671. The third-order valence-corrected chi connectivity index (χ3v) is 5.83. The van der Waals surface area contributed by atoms with Crippen molar-refractivity contribution in [1.29, 1.82) is 0 Å². The highest BCUT2D eigenvalue weighted by molar-refractivity contribution is 6.31. The van der Waals surface area contributed by atoms with Gasteiger partial charge >= 0.3 is 5.97 Å². The van der Waals surface area contributed by atoms with Gasteiger partial charge in [-0.15, -0.1) is 0 Å². The number of fused-ring (bicyclic) bond motifs is 1. The lowest BCUT2D eigenvalue weighted by Gasteiger charge is -2.11. The molecule has 0 aliphatic rings. The molecule has 0 aliphatic heterocycles. The minimum atomic E-state index is -0.561. The van der Waals surface area contributed by atoms with Crippen molar-refractivity contribution in [2.45, 2.75) is 0 Å². The lowest BCUT2D eigenvalue weighted by atomic mass is 10.2. The maximum atomic E-state index is 13.4. The van der Waals surface area contributed by atoms with Crippen LogP contribution in [0, 0.1) is 0 Å². The Labute approximate surface area is 217 Å². The summed E-state index contributed by atoms with van der Waals surface area (Å²) in [4.78, 5) is 30.8. The molecule has 4 aromatic carbocycles. The Balaban J connectivity index is 1.56. The summed E-state index contributed by atoms with van der Waals surface area (Å²) < 4.78 is 12.0. The van der Waals surface area contributed by atoms with Crippen molar-refractivity contribution >= 4 is 34.7 Å². The maximum absolute atomic E-state index is 13.4. The van der Waals surface area contributed by atoms with Crippen LogP contribution in [0.25, 0.3) is 22.3 Å². The van der Waals surface area contributed by atoms with E-state index in [1.165, 1.54) is 10.9 Å². The van der Waals surface area contributed by atoms with Crippen molar-refractivity contribution in [2.24, 2.45) is 5.10 Å². The number of carbonyl (C=O) groups excluding carboxylic acids is 1. The van der Waals surface area contributed by atoms with Crippen LogP contribution < -0.4 is 15.0 Å². The van der Waals surface area contributed by atoms with Crippen LogP contribution in [-0.4, -0.2) is 29.0 Å². The normalized spacial score (nSPS) is 11.1. The molecule has 0 saturated carbocycles. The van der Waals surface area contributed by atoms with Crippen molar-refractivity contribution in [1.82, 2.24) is 9.66 Å². The van der Waals surface area contributed by atoms with E-state index in [0.717, 1.165) is 5.56 Å². The summed E-state index contributed by atoms with van der Waals surface area (Å²) in [7, 11) is 1.55. The summed E-state index contributed by atoms with van der Waals surface area (Å²) in [6.07, 6.45) is 1.42. The fourth-order valence-corrected chi connectivity index (χ4v) is 3.90. The molecular weight excluding hydrogens is 490 g/mol. The van der Waals surface area contributed by atoms with Crippen LogP contribution in [0.15, 0.2) is 107 Å². The van der Waals surface area contributed by atoms with Gasteiger partial charge in [0.15, 0.2) is 5.82 Å². The molecule has 0 bridgehead atoms. The molecule has 182 valence electrons. The average molecular weight is 510 g/mol. The predicted octanol–water partition coefficient (Wildman–Crippen LogP) is 5.83. The fraction of sp³-hybridized carbons (Fsp3) is 0.0345. The van der Waals surface area contributed by atoms with Crippen LogP contribution in [0.3, 0.4) is 0 Å². The first-order valence-corrected chi connectivity index (χ1v) is 11.7. The standard InChI is InChI=1S/C29H20ClN3O4/c1-36-23-14-11-20(12-15-23)29(35)37-26-16-13-22(30)17-21(26)18-31-33-27(19-7-3-2-4-8-19)32-25-10-6-5-9-24(25)28(33)34/h2-18H,1H3. The number of hydrogen-bond acceptors (Lipinski definition) is 6. The highest BCUT2D eigenvalue weighted by Crippen LogP contribution is 2.24. The summed E-state index contributed by atoms with van der Waals surface area (Å²) in [6, 6.07) is 27.7. The van der Waals surface area contributed by atoms with Gasteiger partial charge in [0.25, 0.3) is 5.56 Å². The highest BCUT2D eigenvalue weighted by Gasteiger charge is 2.14. The average Bonchev–Trinajstić information content (AvgIpc) is 2.94. The van der Waals surface area contributed by atoms with Gasteiger partial charge in [-0.05, 0) is 54.6 Å².